The molecule has 0 aliphatic carbocycles. The van der Waals surface area contributed by atoms with Gasteiger partial charge >= 0.3 is 11.9 Å². The van der Waals surface area contributed by atoms with Gasteiger partial charge in [0.05, 0.1) is 12.3 Å². The summed E-state index contributed by atoms with van der Waals surface area (Å²) in [7, 11) is 0. The Morgan fingerprint density at radius 1 is 1.14 bits per heavy atom. The lowest BCUT2D eigenvalue weighted by molar-refractivity contribution is -0.201. The minimum absolute atomic E-state index is 0.00556. The summed E-state index contributed by atoms with van der Waals surface area (Å²) in [4.78, 5) is 50.7. The zero-order valence-corrected chi connectivity index (χ0v) is 11.7. The summed E-state index contributed by atoms with van der Waals surface area (Å²) in [6, 6.07) is 8.86. The molecule has 1 N–H and O–H groups in total. The van der Waals surface area contributed by atoms with Gasteiger partial charge in [0.25, 0.3) is 11.8 Å². The van der Waals surface area contributed by atoms with Crippen LogP contribution in [0.15, 0.2) is 30.3 Å². The predicted octanol–water partition coefficient (Wildman–Crippen LogP) is 0.927. The lowest BCUT2D eigenvalue weighted by Crippen LogP contribution is -2.35. The van der Waals surface area contributed by atoms with Crippen molar-refractivity contribution in [2.24, 2.45) is 5.92 Å². The maximum absolute atomic E-state index is 12.1. The number of hydroxylamine groups is 2. The molecule has 0 radical (unpaired) electrons. The Bertz CT molecular complexity index is 581. The van der Waals surface area contributed by atoms with Crippen molar-refractivity contribution < 1.29 is 29.1 Å². The molecular formula is C15H15NO6. The number of aliphatic carboxylic acids is 1. The number of carbonyl (C=O) groups is 4. The lowest BCUT2D eigenvalue weighted by Gasteiger charge is -2.18. The van der Waals surface area contributed by atoms with Crippen LogP contribution < -0.4 is 0 Å². The smallest absolute Gasteiger partial charge is 0.337 e. The molecule has 22 heavy (non-hydrogen) atoms. The molecular weight excluding hydrogens is 290 g/mol. The number of amides is 2. The second-order valence-electron chi connectivity index (χ2n) is 4.98. The van der Waals surface area contributed by atoms with Crippen LogP contribution in [0.3, 0.4) is 0 Å². The van der Waals surface area contributed by atoms with E-state index in [1.807, 2.05) is 0 Å². The fourth-order valence-corrected chi connectivity index (χ4v) is 2.17. The third-order valence-corrected chi connectivity index (χ3v) is 3.27. The molecule has 1 aliphatic rings. The van der Waals surface area contributed by atoms with E-state index in [1.54, 1.807) is 30.3 Å². The molecule has 1 aromatic rings. The normalized spacial score (nSPS) is 15.7. The monoisotopic (exact) mass is 305 g/mol. The van der Waals surface area contributed by atoms with Gasteiger partial charge in [-0.05, 0) is 12.0 Å². The van der Waals surface area contributed by atoms with Crippen LogP contribution in [0.5, 0.6) is 0 Å². The third kappa shape index (κ3) is 3.91. The Balaban J connectivity index is 2.07. The van der Waals surface area contributed by atoms with Crippen molar-refractivity contribution in [1.82, 2.24) is 5.06 Å². The first-order valence-electron chi connectivity index (χ1n) is 6.80. The van der Waals surface area contributed by atoms with Gasteiger partial charge in [-0.3, -0.25) is 14.4 Å². The molecule has 116 valence electrons. The van der Waals surface area contributed by atoms with E-state index < -0.39 is 36.1 Å². The summed E-state index contributed by atoms with van der Waals surface area (Å²) >= 11 is 0. The Labute approximate surface area is 126 Å². The number of hydrogen-bond donors (Lipinski definition) is 1. The maximum Gasteiger partial charge on any atom is 0.337 e. The van der Waals surface area contributed by atoms with Gasteiger partial charge in [-0.25, -0.2) is 4.79 Å². The van der Waals surface area contributed by atoms with Crippen LogP contribution in [-0.4, -0.2) is 33.9 Å². The third-order valence-electron chi connectivity index (χ3n) is 3.27. The first-order valence-corrected chi connectivity index (χ1v) is 6.80. The molecule has 1 atom stereocenters. The second-order valence-corrected chi connectivity index (χ2v) is 4.98. The highest BCUT2D eigenvalue weighted by Crippen LogP contribution is 2.18. The summed E-state index contributed by atoms with van der Waals surface area (Å²) < 4.78 is 0. The van der Waals surface area contributed by atoms with Gasteiger partial charge < -0.3 is 9.94 Å². The van der Waals surface area contributed by atoms with Gasteiger partial charge in [0.1, 0.15) is 0 Å². The molecule has 1 unspecified atom stereocenters. The molecule has 0 bridgehead atoms. The van der Waals surface area contributed by atoms with Crippen LogP contribution in [-0.2, 0) is 30.4 Å². The van der Waals surface area contributed by atoms with Gasteiger partial charge in [-0.2, -0.15) is 0 Å². The quantitative estimate of drug-likeness (QED) is 0.784. The largest absolute Gasteiger partial charge is 0.481 e. The van der Waals surface area contributed by atoms with Gasteiger partial charge in [0.2, 0.25) is 0 Å². The first kappa shape index (κ1) is 15.7. The molecule has 7 nitrogen and oxygen atoms in total. The number of nitrogens with zero attached hydrogens (tertiary/aromatic N) is 1. The van der Waals surface area contributed by atoms with Crippen LogP contribution in [0.2, 0.25) is 0 Å². The molecule has 1 aromatic carbocycles. The average molecular weight is 305 g/mol. The van der Waals surface area contributed by atoms with Crippen molar-refractivity contribution in [3.63, 3.8) is 0 Å². The van der Waals surface area contributed by atoms with E-state index in [0.717, 1.165) is 5.56 Å². The van der Waals surface area contributed by atoms with E-state index in [4.69, 9.17) is 9.94 Å². The Morgan fingerprint density at radius 2 is 1.73 bits per heavy atom. The van der Waals surface area contributed by atoms with Crippen molar-refractivity contribution in [2.75, 3.05) is 0 Å². The van der Waals surface area contributed by atoms with Crippen molar-refractivity contribution in [2.45, 2.75) is 25.7 Å². The molecule has 0 spiro atoms. The van der Waals surface area contributed by atoms with Crippen molar-refractivity contribution in [3.8, 4) is 0 Å². The first-order chi connectivity index (χ1) is 10.5. The van der Waals surface area contributed by atoms with E-state index >= 15 is 0 Å². The highest BCUT2D eigenvalue weighted by Gasteiger charge is 2.35. The second kappa shape index (κ2) is 6.84. The number of carbonyl (C=O) groups excluding carboxylic acids is 3. The Morgan fingerprint density at radius 3 is 2.27 bits per heavy atom. The average Bonchev–Trinajstić information content (AvgIpc) is 2.79. The molecule has 1 heterocycles. The zero-order valence-electron chi connectivity index (χ0n) is 11.7. The van der Waals surface area contributed by atoms with Crippen LogP contribution in [0.25, 0.3) is 0 Å². The number of carboxylic acid groups (broad SMARTS) is 1. The van der Waals surface area contributed by atoms with Crippen molar-refractivity contribution >= 4 is 23.8 Å². The minimum Gasteiger partial charge on any atom is -0.481 e. The molecule has 1 saturated heterocycles. The summed E-state index contributed by atoms with van der Waals surface area (Å²) in [5, 5.41) is 9.35. The zero-order chi connectivity index (χ0) is 16.1. The van der Waals surface area contributed by atoms with E-state index in [2.05, 4.69) is 0 Å². The maximum atomic E-state index is 12.1. The number of carboxylic acids is 1. The summed E-state index contributed by atoms with van der Waals surface area (Å²) in [5.74, 6) is -4.20. The lowest BCUT2D eigenvalue weighted by atomic mass is 9.96. The number of imide groups is 1. The highest BCUT2D eigenvalue weighted by atomic mass is 16.7. The van der Waals surface area contributed by atoms with Crippen molar-refractivity contribution in [1.29, 1.82) is 0 Å². The number of benzene rings is 1. The molecule has 0 aromatic heterocycles. The number of hydrogen-bond acceptors (Lipinski definition) is 5. The standard InChI is InChI=1S/C15H15NO6/c17-12-6-7-13(18)16(12)22-15(21)11(9-14(19)20)8-10-4-2-1-3-5-10/h1-5,11H,6-9H2,(H,19,20). The summed E-state index contributed by atoms with van der Waals surface area (Å²) in [5.41, 5.74) is 0.768. The fourth-order valence-electron chi connectivity index (χ4n) is 2.17. The van der Waals surface area contributed by atoms with Gasteiger partial charge in [-0.15, -0.1) is 5.06 Å². The molecule has 0 saturated carbocycles. The van der Waals surface area contributed by atoms with Crippen LogP contribution in [0.4, 0.5) is 0 Å². The predicted molar refractivity (Wildman–Crippen MR) is 73.1 cm³/mol. The Hall–Kier alpha value is -2.70. The topological polar surface area (TPSA) is 101 Å². The van der Waals surface area contributed by atoms with Gasteiger partial charge in [0, 0.05) is 12.8 Å². The molecule has 1 fully saturated rings. The van der Waals surface area contributed by atoms with E-state index in [9.17, 15) is 19.2 Å². The van der Waals surface area contributed by atoms with E-state index in [1.165, 1.54) is 0 Å². The Kier molecular flexibility index (Phi) is 4.88. The molecule has 2 amide bonds. The van der Waals surface area contributed by atoms with Gasteiger partial charge in [0.15, 0.2) is 0 Å². The summed E-state index contributed by atoms with van der Waals surface area (Å²) in [6.45, 7) is 0. The molecule has 1 aliphatic heterocycles. The van der Waals surface area contributed by atoms with Crippen LogP contribution in [0, 0.1) is 5.92 Å². The summed E-state index contributed by atoms with van der Waals surface area (Å²) in [6.07, 6.45) is -0.297. The SMILES string of the molecule is O=C(O)CC(Cc1ccccc1)C(=O)ON1C(=O)CCC1=O. The van der Waals surface area contributed by atoms with Crippen molar-refractivity contribution in [3.05, 3.63) is 35.9 Å². The number of rotatable bonds is 6. The van der Waals surface area contributed by atoms with E-state index in [-0.39, 0.29) is 19.3 Å². The van der Waals surface area contributed by atoms with Crippen LogP contribution >= 0.6 is 0 Å². The van der Waals surface area contributed by atoms with E-state index in [0.29, 0.717) is 5.06 Å². The van der Waals surface area contributed by atoms with Gasteiger partial charge in [-0.1, -0.05) is 30.3 Å². The van der Waals surface area contributed by atoms with Crippen LogP contribution in [0.1, 0.15) is 24.8 Å². The molecule has 2 rings (SSSR count). The fraction of sp³-hybridized carbons (Fsp3) is 0.333. The highest BCUT2D eigenvalue weighted by molar-refractivity contribution is 6.01. The minimum atomic E-state index is -1.16. The molecule has 7 heteroatoms.